The molecule has 2 unspecified atom stereocenters. The highest BCUT2D eigenvalue weighted by atomic mass is 16.5. The topological polar surface area (TPSA) is 62.8 Å². The first-order chi connectivity index (χ1) is 9.63. The lowest BCUT2D eigenvalue weighted by Crippen LogP contribution is -3.05. The van der Waals surface area contributed by atoms with Crippen molar-refractivity contribution in [3.05, 3.63) is 48.1 Å². The van der Waals surface area contributed by atoms with E-state index in [9.17, 15) is 0 Å². The van der Waals surface area contributed by atoms with Crippen molar-refractivity contribution in [1.29, 1.82) is 0 Å². The molecule has 0 saturated heterocycles. The van der Waals surface area contributed by atoms with Crippen molar-refractivity contribution >= 4 is 0 Å². The number of hydrogen-bond acceptors (Lipinski definition) is 4. The van der Waals surface area contributed by atoms with Gasteiger partial charge < -0.3 is 19.9 Å². The lowest BCUT2D eigenvalue weighted by atomic mass is 10.3. The largest absolute Gasteiger partial charge is 0.510 e. The monoisotopic (exact) mass is 276 g/mol. The van der Waals surface area contributed by atoms with Crippen LogP contribution < -0.4 is 9.75 Å². The summed E-state index contributed by atoms with van der Waals surface area (Å²) in [6.07, 6.45) is 9.11. The zero-order chi connectivity index (χ0) is 14.4. The fraction of sp³-hybridized carbons (Fsp3) is 0.429. The molecule has 1 aromatic rings. The van der Waals surface area contributed by atoms with E-state index in [-0.39, 0.29) is 12.2 Å². The Morgan fingerprint density at radius 2 is 2.10 bits per heavy atom. The van der Waals surface area contributed by atoms with E-state index in [1.165, 1.54) is 0 Å². The molecule has 6 heteroatoms. The Morgan fingerprint density at radius 1 is 1.25 bits per heavy atom. The number of ether oxygens (including phenoxy) is 2. The van der Waals surface area contributed by atoms with Crippen LogP contribution in [0.4, 0.5) is 0 Å². The Balaban J connectivity index is 1.82. The molecule has 0 radical (unpaired) electrons. The third-order valence-electron chi connectivity index (χ3n) is 2.53. The second-order valence-corrected chi connectivity index (χ2v) is 4.84. The molecule has 20 heavy (non-hydrogen) atoms. The highest BCUT2D eigenvalue weighted by molar-refractivity contribution is 5.16. The Morgan fingerprint density at radius 3 is 2.80 bits per heavy atom. The van der Waals surface area contributed by atoms with Gasteiger partial charge in [-0.2, -0.15) is 10.2 Å². The Kier molecular flexibility index (Phi) is 4.95. The molecule has 2 rings (SSSR count). The normalized spacial score (nSPS) is 19.2. The first kappa shape index (κ1) is 14.3. The maximum atomic E-state index is 5.76. The minimum absolute atomic E-state index is 0.000926. The summed E-state index contributed by atoms with van der Waals surface area (Å²) in [4.78, 5) is 0. The minimum Gasteiger partial charge on any atom is -0.510 e. The van der Waals surface area contributed by atoms with Crippen molar-refractivity contribution in [3.8, 4) is 5.75 Å². The molecular weight excluding hydrogens is 256 g/mol. The molecular formula is C14H20N4O2. The summed E-state index contributed by atoms with van der Waals surface area (Å²) in [5.74, 6) is 1.36. The van der Waals surface area contributed by atoms with Crippen molar-refractivity contribution < 1.29 is 14.5 Å². The first-order valence-electron chi connectivity index (χ1n) is 6.69. The van der Waals surface area contributed by atoms with Gasteiger partial charge in [0.15, 0.2) is 0 Å². The van der Waals surface area contributed by atoms with E-state index in [1.54, 1.807) is 18.5 Å². The number of rotatable bonds is 6. The van der Waals surface area contributed by atoms with Gasteiger partial charge in [0.2, 0.25) is 0 Å². The van der Waals surface area contributed by atoms with Gasteiger partial charge in [0, 0.05) is 6.07 Å². The maximum absolute atomic E-state index is 5.76. The lowest BCUT2D eigenvalue weighted by Gasteiger charge is -2.35. The lowest BCUT2D eigenvalue weighted by molar-refractivity contribution is -0.809. The van der Waals surface area contributed by atoms with Crippen molar-refractivity contribution in [2.24, 2.45) is 0 Å². The van der Waals surface area contributed by atoms with Crippen LogP contribution in [0, 0.1) is 0 Å². The molecule has 1 aliphatic heterocycles. The molecule has 0 bridgehead atoms. The van der Waals surface area contributed by atoms with Crippen LogP contribution in [0.15, 0.2) is 42.7 Å². The molecule has 0 spiro atoms. The first-order valence-corrected chi connectivity index (χ1v) is 6.69. The van der Waals surface area contributed by atoms with Crippen molar-refractivity contribution in [2.45, 2.75) is 33.0 Å². The van der Waals surface area contributed by atoms with Crippen LogP contribution in [0.25, 0.3) is 5.43 Å². The van der Waals surface area contributed by atoms with Crippen molar-refractivity contribution in [1.82, 2.24) is 10.2 Å². The van der Waals surface area contributed by atoms with Gasteiger partial charge in [-0.1, -0.05) is 0 Å². The van der Waals surface area contributed by atoms with Crippen LogP contribution in [-0.4, -0.2) is 29.0 Å². The average molecular weight is 276 g/mol. The van der Waals surface area contributed by atoms with Crippen LogP contribution in [-0.2, 0) is 4.74 Å². The quantitative estimate of drug-likeness (QED) is 0.848. The van der Waals surface area contributed by atoms with E-state index >= 15 is 0 Å². The predicted octanol–water partition coefficient (Wildman–Crippen LogP) is 1.21. The van der Waals surface area contributed by atoms with Gasteiger partial charge >= 0.3 is 0 Å². The molecule has 6 nitrogen and oxygen atoms in total. The smallest absolute Gasteiger partial charge is 0.145 e. The summed E-state index contributed by atoms with van der Waals surface area (Å²) in [5, 5.41) is 8.44. The summed E-state index contributed by atoms with van der Waals surface area (Å²) in [7, 11) is 0. The Hall–Kier alpha value is -2.08. The fourth-order valence-electron chi connectivity index (χ4n) is 1.80. The van der Waals surface area contributed by atoms with Gasteiger partial charge in [0.1, 0.15) is 18.4 Å². The minimum atomic E-state index is 0.000926. The molecule has 1 N–H and O–H groups in total. The van der Waals surface area contributed by atoms with Crippen LogP contribution in [0.2, 0.25) is 0 Å². The van der Waals surface area contributed by atoms with Crippen LogP contribution in [0.5, 0.6) is 5.75 Å². The van der Waals surface area contributed by atoms with E-state index in [0.717, 1.165) is 5.01 Å². The zero-order valence-electron chi connectivity index (χ0n) is 12.0. The molecule has 0 saturated carbocycles. The molecule has 108 valence electrons. The van der Waals surface area contributed by atoms with Gasteiger partial charge in [-0.25, -0.2) is 0 Å². The Bertz CT molecular complexity index is 473. The van der Waals surface area contributed by atoms with Crippen molar-refractivity contribution in [2.75, 3.05) is 6.54 Å². The number of quaternary nitrogens is 1. The summed E-state index contributed by atoms with van der Waals surface area (Å²) < 4.78 is 11.3. The second-order valence-electron chi connectivity index (χ2n) is 4.84. The number of allylic oxidation sites excluding steroid dienone is 2. The number of nitrogens with zero attached hydrogens (tertiary/aromatic N) is 3. The highest BCUT2D eigenvalue weighted by Gasteiger charge is 2.11. The maximum Gasteiger partial charge on any atom is 0.145 e. The predicted molar refractivity (Wildman–Crippen MR) is 74.8 cm³/mol. The molecule has 2 heterocycles. The summed E-state index contributed by atoms with van der Waals surface area (Å²) in [5.41, 5.74) is 4.46. The number of hydrogen-bond donors (Lipinski definition) is 1. The summed E-state index contributed by atoms with van der Waals surface area (Å²) in [6.45, 7) is 6.67. The van der Waals surface area contributed by atoms with E-state index < -0.39 is 0 Å². The SMILES string of the molecule is CC(C)OC1=CC=C[NH+](CC(C)Oc2ccnnc2)[N-]1. The van der Waals surface area contributed by atoms with E-state index in [0.29, 0.717) is 18.2 Å². The van der Waals surface area contributed by atoms with Gasteiger partial charge in [0.25, 0.3) is 0 Å². The van der Waals surface area contributed by atoms with Crippen molar-refractivity contribution in [3.63, 3.8) is 0 Å². The molecule has 0 aliphatic carbocycles. The third kappa shape index (κ3) is 4.55. The second kappa shape index (κ2) is 6.91. The van der Waals surface area contributed by atoms with Crippen LogP contribution >= 0.6 is 0 Å². The van der Waals surface area contributed by atoms with E-state index in [4.69, 9.17) is 9.47 Å². The summed E-state index contributed by atoms with van der Waals surface area (Å²) >= 11 is 0. The fourth-order valence-corrected chi connectivity index (χ4v) is 1.80. The average Bonchev–Trinajstić information content (AvgIpc) is 2.39. The molecule has 1 aliphatic rings. The van der Waals surface area contributed by atoms with Gasteiger partial charge in [-0.3, -0.25) is 0 Å². The van der Waals surface area contributed by atoms with Crippen LogP contribution in [0.1, 0.15) is 20.8 Å². The highest BCUT2D eigenvalue weighted by Crippen LogP contribution is 2.10. The Labute approximate surface area is 119 Å². The number of aromatic nitrogens is 2. The van der Waals surface area contributed by atoms with E-state index in [1.807, 2.05) is 39.1 Å². The van der Waals surface area contributed by atoms with E-state index in [2.05, 4.69) is 15.6 Å². The van der Waals surface area contributed by atoms with Gasteiger partial charge in [-0.15, -0.1) is 0 Å². The van der Waals surface area contributed by atoms with Gasteiger partial charge in [-0.05, 0) is 32.9 Å². The summed E-state index contributed by atoms with van der Waals surface area (Å²) in [6, 6.07) is 1.79. The zero-order valence-corrected chi connectivity index (χ0v) is 12.0. The standard InChI is InChI=1S/C14H20N4O2/c1-11(2)19-14-5-4-8-18(17-14)10-12(3)20-13-6-7-15-16-9-13/h4-9,11-12,18H,10H2,1-3H3. The molecule has 1 aromatic heterocycles. The molecule has 2 atom stereocenters. The number of nitrogens with one attached hydrogen (secondary N) is 1. The van der Waals surface area contributed by atoms with Crippen LogP contribution in [0.3, 0.4) is 0 Å². The van der Waals surface area contributed by atoms with Gasteiger partial charge in [0.05, 0.1) is 30.6 Å². The molecule has 0 aromatic carbocycles. The molecule has 0 fully saturated rings. The third-order valence-corrected chi connectivity index (χ3v) is 2.53. The molecule has 0 amide bonds.